The van der Waals surface area contributed by atoms with Crippen molar-refractivity contribution >= 4 is 18.1 Å². The van der Waals surface area contributed by atoms with E-state index in [0.29, 0.717) is 22.6 Å². The number of rotatable bonds is 6. The lowest BCUT2D eigenvalue weighted by Crippen LogP contribution is -2.17. The summed E-state index contributed by atoms with van der Waals surface area (Å²) in [4.78, 5) is 24.0. The number of nitrogens with one attached hydrogen (secondary N) is 1. The lowest BCUT2D eigenvalue weighted by atomic mass is 10.2. The molecule has 1 amide bonds. The zero-order chi connectivity index (χ0) is 19.8. The second kappa shape index (κ2) is 9.14. The highest BCUT2D eigenvalue weighted by Crippen LogP contribution is 2.16. The first-order chi connectivity index (χ1) is 13.7. The molecule has 0 aliphatic carbocycles. The number of methoxy groups -OCH3 is 1. The van der Waals surface area contributed by atoms with Crippen molar-refractivity contribution in [3.8, 4) is 11.5 Å². The van der Waals surface area contributed by atoms with Crippen LogP contribution in [0, 0.1) is 0 Å². The number of hydrazone groups is 1. The molecule has 1 N–H and O–H groups in total. The van der Waals surface area contributed by atoms with Gasteiger partial charge in [-0.1, -0.05) is 18.2 Å². The molecule has 3 rings (SSSR count). The van der Waals surface area contributed by atoms with E-state index in [1.807, 2.05) is 6.07 Å². The summed E-state index contributed by atoms with van der Waals surface area (Å²) in [5.41, 5.74) is 4.16. The van der Waals surface area contributed by atoms with Crippen LogP contribution in [0.25, 0.3) is 0 Å². The van der Waals surface area contributed by atoms with Gasteiger partial charge in [-0.25, -0.2) is 10.2 Å². The summed E-state index contributed by atoms with van der Waals surface area (Å²) < 4.78 is 10.4. The first-order valence-electron chi connectivity index (χ1n) is 8.50. The molecule has 0 unspecified atom stereocenters. The minimum Gasteiger partial charge on any atom is -0.497 e. The van der Waals surface area contributed by atoms with E-state index in [0.717, 1.165) is 5.56 Å². The van der Waals surface area contributed by atoms with Crippen LogP contribution < -0.4 is 14.9 Å². The summed E-state index contributed by atoms with van der Waals surface area (Å²) in [5, 5.41) is 3.93. The maximum atomic E-state index is 12.1. The lowest BCUT2D eigenvalue weighted by Gasteiger charge is -2.05. The summed E-state index contributed by atoms with van der Waals surface area (Å²) in [6.07, 6.45) is 1.51. The van der Waals surface area contributed by atoms with Gasteiger partial charge in [0.15, 0.2) is 0 Å². The molecule has 0 fully saturated rings. The standard InChI is InChI=1S/C22H18N2O4/c1-27-19-13-9-18(10-14-19)22(26)28-20-11-7-16(8-12-20)15-23-24-21(25)17-5-3-2-4-6-17/h2-15H,1H3,(H,24,25)/b23-15+. The summed E-state index contributed by atoms with van der Waals surface area (Å²) in [6, 6.07) is 22.2. The molecule has 0 radical (unpaired) electrons. The second-order valence-corrected chi connectivity index (χ2v) is 5.75. The van der Waals surface area contributed by atoms with Crippen molar-refractivity contribution in [1.82, 2.24) is 5.43 Å². The zero-order valence-corrected chi connectivity index (χ0v) is 15.2. The average molecular weight is 374 g/mol. The van der Waals surface area contributed by atoms with Crippen LogP contribution in [0.4, 0.5) is 0 Å². The van der Waals surface area contributed by atoms with Crippen molar-refractivity contribution in [2.75, 3.05) is 7.11 Å². The topological polar surface area (TPSA) is 77.0 Å². The smallest absolute Gasteiger partial charge is 0.343 e. The van der Waals surface area contributed by atoms with E-state index >= 15 is 0 Å². The van der Waals surface area contributed by atoms with Crippen molar-refractivity contribution in [1.29, 1.82) is 0 Å². The third-order valence-corrected chi connectivity index (χ3v) is 3.83. The molecule has 0 saturated carbocycles. The zero-order valence-electron chi connectivity index (χ0n) is 15.2. The van der Waals surface area contributed by atoms with Gasteiger partial charge in [-0.3, -0.25) is 4.79 Å². The van der Waals surface area contributed by atoms with Crippen LogP contribution in [0.3, 0.4) is 0 Å². The van der Waals surface area contributed by atoms with Gasteiger partial charge in [-0.05, 0) is 66.2 Å². The van der Waals surface area contributed by atoms with E-state index in [-0.39, 0.29) is 5.91 Å². The molecule has 3 aromatic rings. The van der Waals surface area contributed by atoms with Gasteiger partial charge in [0.1, 0.15) is 11.5 Å². The minimum absolute atomic E-state index is 0.290. The molecule has 0 bridgehead atoms. The van der Waals surface area contributed by atoms with Gasteiger partial charge in [0.25, 0.3) is 5.91 Å². The Hall–Kier alpha value is -3.93. The molecule has 0 heterocycles. The van der Waals surface area contributed by atoms with Crippen molar-refractivity contribution in [3.05, 3.63) is 95.6 Å². The summed E-state index contributed by atoms with van der Waals surface area (Å²) in [7, 11) is 1.56. The SMILES string of the molecule is COc1ccc(C(=O)Oc2ccc(/C=N/NC(=O)c3ccccc3)cc2)cc1. The molecule has 0 saturated heterocycles. The van der Waals surface area contributed by atoms with E-state index in [4.69, 9.17) is 9.47 Å². The van der Waals surface area contributed by atoms with Gasteiger partial charge in [-0.2, -0.15) is 5.10 Å². The lowest BCUT2D eigenvalue weighted by molar-refractivity contribution is 0.0734. The molecule has 0 atom stereocenters. The number of hydrogen-bond acceptors (Lipinski definition) is 5. The van der Waals surface area contributed by atoms with Gasteiger partial charge >= 0.3 is 5.97 Å². The molecule has 6 heteroatoms. The largest absolute Gasteiger partial charge is 0.497 e. The number of benzene rings is 3. The summed E-state index contributed by atoms with van der Waals surface area (Å²) in [6.45, 7) is 0. The Bertz CT molecular complexity index is 966. The van der Waals surface area contributed by atoms with Crippen molar-refractivity contribution in [2.24, 2.45) is 5.10 Å². The van der Waals surface area contributed by atoms with Crippen LogP contribution in [0.15, 0.2) is 84.0 Å². The number of ether oxygens (including phenoxy) is 2. The molecule has 28 heavy (non-hydrogen) atoms. The molecule has 6 nitrogen and oxygen atoms in total. The predicted octanol–water partition coefficient (Wildman–Crippen LogP) is 3.68. The highest BCUT2D eigenvalue weighted by atomic mass is 16.5. The molecular formula is C22H18N2O4. The van der Waals surface area contributed by atoms with E-state index in [1.165, 1.54) is 6.21 Å². The maximum Gasteiger partial charge on any atom is 0.343 e. The first-order valence-corrected chi connectivity index (χ1v) is 8.50. The van der Waals surface area contributed by atoms with Gasteiger partial charge in [0.05, 0.1) is 18.9 Å². The molecule has 140 valence electrons. The summed E-state index contributed by atoms with van der Waals surface area (Å²) in [5.74, 6) is 0.326. The van der Waals surface area contributed by atoms with E-state index in [2.05, 4.69) is 10.5 Å². The Labute approximate surface area is 162 Å². The van der Waals surface area contributed by atoms with Crippen LogP contribution in [-0.4, -0.2) is 25.2 Å². The van der Waals surface area contributed by atoms with Gasteiger partial charge < -0.3 is 9.47 Å². The first kappa shape index (κ1) is 18.8. The van der Waals surface area contributed by atoms with Crippen LogP contribution in [-0.2, 0) is 0 Å². The number of esters is 1. The third kappa shape index (κ3) is 5.04. The van der Waals surface area contributed by atoms with Crippen LogP contribution in [0.1, 0.15) is 26.3 Å². The molecule has 0 aliphatic heterocycles. The number of carbonyl (C=O) groups excluding carboxylic acids is 2. The van der Waals surface area contributed by atoms with E-state index in [1.54, 1.807) is 79.9 Å². The second-order valence-electron chi connectivity index (χ2n) is 5.75. The fourth-order valence-corrected chi connectivity index (χ4v) is 2.33. The van der Waals surface area contributed by atoms with Gasteiger partial charge in [0.2, 0.25) is 0 Å². The average Bonchev–Trinajstić information content (AvgIpc) is 2.75. The fourth-order valence-electron chi connectivity index (χ4n) is 2.33. The van der Waals surface area contributed by atoms with Gasteiger partial charge in [-0.15, -0.1) is 0 Å². The fraction of sp³-hybridized carbons (Fsp3) is 0.0455. The van der Waals surface area contributed by atoms with E-state index in [9.17, 15) is 9.59 Å². The normalized spacial score (nSPS) is 10.5. The number of amides is 1. The van der Waals surface area contributed by atoms with Crippen LogP contribution in [0.2, 0.25) is 0 Å². The Morgan fingerprint density at radius 3 is 2.11 bits per heavy atom. The molecular weight excluding hydrogens is 356 g/mol. The number of carbonyl (C=O) groups is 2. The Morgan fingerprint density at radius 2 is 1.46 bits per heavy atom. The van der Waals surface area contributed by atoms with Crippen LogP contribution >= 0.6 is 0 Å². The molecule has 0 spiro atoms. The van der Waals surface area contributed by atoms with Crippen LogP contribution in [0.5, 0.6) is 11.5 Å². The molecule has 3 aromatic carbocycles. The third-order valence-electron chi connectivity index (χ3n) is 3.83. The van der Waals surface area contributed by atoms with Crippen molar-refractivity contribution in [2.45, 2.75) is 0 Å². The van der Waals surface area contributed by atoms with Crippen molar-refractivity contribution < 1.29 is 19.1 Å². The molecule has 0 aromatic heterocycles. The highest BCUT2D eigenvalue weighted by Gasteiger charge is 2.08. The monoisotopic (exact) mass is 374 g/mol. The minimum atomic E-state index is -0.459. The Balaban J connectivity index is 1.55. The van der Waals surface area contributed by atoms with Crippen molar-refractivity contribution in [3.63, 3.8) is 0 Å². The highest BCUT2D eigenvalue weighted by molar-refractivity contribution is 5.95. The Kier molecular flexibility index (Phi) is 6.15. The number of nitrogens with zero attached hydrogens (tertiary/aromatic N) is 1. The quantitative estimate of drug-likeness (QED) is 0.309. The molecule has 0 aliphatic rings. The predicted molar refractivity (Wildman–Crippen MR) is 106 cm³/mol. The number of hydrogen-bond donors (Lipinski definition) is 1. The van der Waals surface area contributed by atoms with E-state index < -0.39 is 5.97 Å². The maximum absolute atomic E-state index is 12.1. The Morgan fingerprint density at radius 1 is 0.821 bits per heavy atom. The van der Waals surface area contributed by atoms with Gasteiger partial charge in [0, 0.05) is 5.56 Å². The summed E-state index contributed by atoms with van der Waals surface area (Å²) >= 11 is 0.